The summed E-state index contributed by atoms with van der Waals surface area (Å²) in [6.45, 7) is 3.81. The summed E-state index contributed by atoms with van der Waals surface area (Å²) in [7, 11) is 0. The number of aryl methyl sites for hydroxylation is 1. The molecule has 0 spiro atoms. The number of carboxylic acids is 1. The van der Waals surface area contributed by atoms with Crippen molar-refractivity contribution in [2.24, 2.45) is 5.92 Å². The monoisotopic (exact) mass is 265 g/mol. The van der Waals surface area contributed by atoms with Crippen molar-refractivity contribution in [1.29, 1.82) is 0 Å². The molecule has 2 rings (SSSR count). The Kier molecular flexibility index (Phi) is 3.78. The van der Waals surface area contributed by atoms with E-state index >= 15 is 0 Å². The van der Waals surface area contributed by atoms with E-state index in [0.717, 1.165) is 24.8 Å². The zero-order valence-corrected chi connectivity index (χ0v) is 11.4. The first kappa shape index (κ1) is 13.8. The highest BCUT2D eigenvalue weighted by atomic mass is 19.1. The highest BCUT2D eigenvalue weighted by Crippen LogP contribution is 2.40. The molecule has 1 aromatic rings. The van der Waals surface area contributed by atoms with E-state index in [9.17, 15) is 14.3 Å². The molecule has 0 heterocycles. The third-order valence-corrected chi connectivity index (χ3v) is 4.10. The summed E-state index contributed by atoms with van der Waals surface area (Å²) in [5, 5.41) is 12.7. The lowest BCUT2D eigenvalue weighted by molar-refractivity contribution is -0.143. The summed E-state index contributed by atoms with van der Waals surface area (Å²) in [5.41, 5.74) is 0.393. The van der Waals surface area contributed by atoms with Gasteiger partial charge in [0.1, 0.15) is 11.4 Å². The molecular formula is C15H20FNO2. The van der Waals surface area contributed by atoms with Crippen molar-refractivity contribution in [2.75, 3.05) is 5.32 Å². The predicted octanol–water partition coefficient (Wildman–Crippen LogP) is 3.58. The molecule has 2 unspecified atom stereocenters. The molecular weight excluding hydrogens is 245 g/mol. The Balaban J connectivity index is 2.33. The Morgan fingerprint density at radius 1 is 1.53 bits per heavy atom. The molecule has 0 amide bonds. The fourth-order valence-electron chi connectivity index (χ4n) is 3.20. The zero-order chi connectivity index (χ0) is 14.0. The van der Waals surface area contributed by atoms with Gasteiger partial charge in [0.05, 0.1) is 0 Å². The van der Waals surface area contributed by atoms with E-state index in [4.69, 9.17) is 0 Å². The largest absolute Gasteiger partial charge is 0.479 e. The Bertz CT molecular complexity index is 469. The Hall–Kier alpha value is -1.58. The first-order valence-corrected chi connectivity index (χ1v) is 6.76. The van der Waals surface area contributed by atoms with Crippen molar-refractivity contribution in [3.63, 3.8) is 0 Å². The number of anilines is 1. The number of nitrogens with one attached hydrogen (secondary N) is 1. The number of halogens is 1. The van der Waals surface area contributed by atoms with Crippen LogP contribution < -0.4 is 5.32 Å². The number of carboxylic acid groups (broad SMARTS) is 1. The van der Waals surface area contributed by atoms with Crippen molar-refractivity contribution in [3.8, 4) is 0 Å². The van der Waals surface area contributed by atoms with Gasteiger partial charge in [-0.25, -0.2) is 9.18 Å². The van der Waals surface area contributed by atoms with Crippen molar-refractivity contribution in [3.05, 3.63) is 29.6 Å². The van der Waals surface area contributed by atoms with E-state index in [1.807, 2.05) is 6.92 Å². The van der Waals surface area contributed by atoms with Gasteiger partial charge in [0.25, 0.3) is 0 Å². The lowest BCUT2D eigenvalue weighted by Gasteiger charge is -2.33. The fourth-order valence-corrected chi connectivity index (χ4v) is 3.20. The average Bonchev–Trinajstić information content (AvgIpc) is 2.71. The average molecular weight is 265 g/mol. The summed E-state index contributed by atoms with van der Waals surface area (Å²) in [4.78, 5) is 11.7. The van der Waals surface area contributed by atoms with E-state index in [-0.39, 0.29) is 11.7 Å². The molecule has 0 bridgehead atoms. The maximum Gasteiger partial charge on any atom is 0.329 e. The summed E-state index contributed by atoms with van der Waals surface area (Å²) >= 11 is 0. The van der Waals surface area contributed by atoms with Gasteiger partial charge in [-0.05, 0) is 49.4 Å². The van der Waals surface area contributed by atoms with Gasteiger partial charge in [-0.2, -0.15) is 0 Å². The highest BCUT2D eigenvalue weighted by Gasteiger charge is 2.48. The van der Waals surface area contributed by atoms with E-state index in [1.165, 1.54) is 12.1 Å². The molecule has 0 aromatic heterocycles. The van der Waals surface area contributed by atoms with Gasteiger partial charge in [0.2, 0.25) is 0 Å². The molecule has 1 aliphatic rings. The summed E-state index contributed by atoms with van der Waals surface area (Å²) in [5.74, 6) is -1.08. The second-order valence-corrected chi connectivity index (χ2v) is 5.42. The minimum absolute atomic E-state index is 0.0913. The topological polar surface area (TPSA) is 49.3 Å². The minimum atomic E-state index is -0.949. The molecule has 0 aliphatic heterocycles. The van der Waals surface area contributed by atoms with Crippen LogP contribution in [0.4, 0.5) is 10.1 Å². The van der Waals surface area contributed by atoms with Crippen LogP contribution in [-0.2, 0) is 4.79 Å². The van der Waals surface area contributed by atoms with Gasteiger partial charge in [-0.3, -0.25) is 0 Å². The molecule has 1 saturated carbocycles. The van der Waals surface area contributed by atoms with Crippen LogP contribution in [0, 0.1) is 18.7 Å². The van der Waals surface area contributed by atoms with Crippen LogP contribution in [0.5, 0.6) is 0 Å². The van der Waals surface area contributed by atoms with Crippen LogP contribution in [0.25, 0.3) is 0 Å². The van der Waals surface area contributed by atoms with E-state index in [0.29, 0.717) is 12.1 Å². The van der Waals surface area contributed by atoms with Crippen LogP contribution >= 0.6 is 0 Å². The highest BCUT2D eigenvalue weighted by molar-refractivity contribution is 5.83. The lowest BCUT2D eigenvalue weighted by atomic mass is 9.84. The summed E-state index contributed by atoms with van der Waals surface area (Å²) < 4.78 is 13.4. The van der Waals surface area contributed by atoms with Gasteiger partial charge < -0.3 is 10.4 Å². The Morgan fingerprint density at radius 2 is 2.26 bits per heavy atom. The molecule has 0 saturated heterocycles. The van der Waals surface area contributed by atoms with Gasteiger partial charge in [-0.1, -0.05) is 19.8 Å². The number of rotatable bonds is 4. The molecule has 1 aromatic carbocycles. The maximum atomic E-state index is 13.4. The van der Waals surface area contributed by atoms with E-state index in [1.54, 1.807) is 13.0 Å². The number of aliphatic carboxylic acids is 1. The summed E-state index contributed by atoms with van der Waals surface area (Å²) in [6.07, 6.45) is 3.21. The fraction of sp³-hybridized carbons (Fsp3) is 0.533. The van der Waals surface area contributed by atoms with Gasteiger partial charge >= 0.3 is 5.97 Å². The molecule has 0 radical (unpaired) electrons. The standard InChI is InChI=1S/C15H20FNO2/c1-3-11-5-4-6-15(11,14(18)19)17-13-8-10(2)7-12(16)9-13/h7-9,11,17H,3-6H2,1-2H3,(H,18,19). The van der Waals surface area contributed by atoms with E-state index < -0.39 is 11.5 Å². The molecule has 3 nitrogen and oxygen atoms in total. The molecule has 1 aliphatic carbocycles. The first-order valence-electron chi connectivity index (χ1n) is 6.76. The van der Waals surface area contributed by atoms with Crippen LogP contribution in [0.15, 0.2) is 18.2 Å². The zero-order valence-electron chi connectivity index (χ0n) is 11.4. The number of hydrogen-bond donors (Lipinski definition) is 2. The molecule has 1 fully saturated rings. The number of hydrogen-bond acceptors (Lipinski definition) is 2. The van der Waals surface area contributed by atoms with Crippen molar-refractivity contribution in [2.45, 2.75) is 45.1 Å². The molecule has 19 heavy (non-hydrogen) atoms. The van der Waals surface area contributed by atoms with Gasteiger partial charge in [0, 0.05) is 5.69 Å². The number of carbonyl (C=O) groups is 1. The summed E-state index contributed by atoms with van der Waals surface area (Å²) in [6, 6.07) is 4.59. The van der Waals surface area contributed by atoms with Crippen LogP contribution in [0.1, 0.15) is 38.2 Å². The third-order valence-electron chi connectivity index (χ3n) is 4.10. The second kappa shape index (κ2) is 5.19. The van der Waals surface area contributed by atoms with E-state index in [2.05, 4.69) is 5.32 Å². The molecule has 4 heteroatoms. The minimum Gasteiger partial charge on any atom is -0.479 e. The normalized spacial score (nSPS) is 26.4. The smallest absolute Gasteiger partial charge is 0.329 e. The van der Waals surface area contributed by atoms with Crippen LogP contribution in [-0.4, -0.2) is 16.6 Å². The molecule has 2 atom stereocenters. The van der Waals surface area contributed by atoms with Crippen LogP contribution in [0.3, 0.4) is 0 Å². The maximum absolute atomic E-state index is 13.4. The van der Waals surface area contributed by atoms with Crippen LogP contribution in [0.2, 0.25) is 0 Å². The van der Waals surface area contributed by atoms with Crippen molar-refractivity contribution in [1.82, 2.24) is 0 Å². The predicted molar refractivity (Wildman–Crippen MR) is 72.8 cm³/mol. The SMILES string of the molecule is CCC1CCCC1(Nc1cc(C)cc(F)c1)C(=O)O. The molecule has 2 N–H and O–H groups in total. The first-order chi connectivity index (χ1) is 8.98. The lowest BCUT2D eigenvalue weighted by Crippen LogP contribution is -2.49. The van der Waals surface area contributed by atoms with Crippen molar-refractivity contribution >= 4 is 11.7 Å². The number of benzene rings is 1. The Labute approximate surface area is 112 Å². The third kappa shape index (κ3) is 2.57. The Morgan fingerprint density at radius 3 is 2.84 bits per heavy atom. The van der Waals surface area contributed by atoms with Crippen molar-refractivity contribution < 1.29 is 14.3 Å². The quantitative estimate of drug-likeness (QED) is 0.874. The molecule has 104 valence electrons. The van der Waals surface area contributed by atoms with Gasteiger partial charge in [0.15, 0.2) is 0 Å². The second-order valence-electron chi connectivity index (χ2n) is 5.42. The van der Waals surface area contributed by atoms with Gasteiger partial charge in [-0.15, -0.1) is 0 Å².